The predicted molar refractivity (Wildman–Crippen MR) is 110 cm³/mol. The zero-order valence-corrected chi connectivity index (χ0v) is 18.1. The normalized spacial score (nSPS) is 20.3. The molecular weight excluding hydrogens is 462 g/mol. The SMILES string of the molecule is COC[C@H]1COc2c(S(N)(=O)=NC(=O)Nc3c4c(c(Br)c5c3CC5)CC4)cnn21. The second-order valence-electron chi connectivity index (χ2n) is 7.37. The van der Waals surface area contributed by atoms with Gasteiger partial charge in [-0.15, -0.1) is 4.36 Å². The van der Waals surface area contributed by atoms with Gasteiger partial charge in [0, 0.05) is 17.3 Å². The Balaban J connectivity index is 1.44. The summed E-state index contributed by atoms with van der Waals surface area (Å²) in [5.41, 5.74) is 5.52. The van der Waals surface area contributed by atoms with Crippen LogP contribution in [0.25, 0.3) is 0 Å². The number of urea groups is 1. The molecule has 2 heterocycles. The minimum atomic E-state index is -3.51. The van der Waals surface area contributed by atoms with Gasteiger partial charge in [0.25, 0.3) is 0 Å². The highest BCUT2D eigenvalue weighted by Gasteiger charge is 2.33. The molecule has 0 saturated heterocycles. The number of rotatable bonds is 4. The molecule has 3 aliphatic rings. The molecule has 0 radical (unpaired) electrons. The van der Waals surface area contributed by atoms with E-state index in [1.165, 1.54) is 17.3 Å². The zero-order chi connectivity index (χ0) is 20.3. The zero-order valence-electron chi connectivity index (χ0n) is 15.7. The van der Waals surface area contributed by atoms with Crippen molar-refractivity contribution in [1.82, 2.24) is 9.78 Å². The van der Waals surface area contributed by atoms with Crippen molar-refractivity contribution >= 4 is 37.6 Å². The molecule has 154 valence electrons. The molecular formula is C18H20BrN5O4S. The molecule has 3 N–H and O–H groups in total. The summed E-state index contributed by atoms with van der Waals surface area (Å²) in [6.07, 6.45) is 5.12. The summed E-state index contributed by atoms with van der Waals surface area (Å²) in [4.78, 5) is 12.7. The van der Waals surface area contributed by atoms with Gasteiger partial charge in [-0.1, -0.05) is 15.9 Å². The molecule has 0 bridgehead atoms. The van der Waals surface area contributed by atoms with Gasteiger partial charge in [-0.05, 0) is 47.9 Å². The summed E-state index contributed by atoms with van der Waals surface area (Å²) < 4.78 is 30.3. The van der Waals surface area contributed by atoms with Gasteiger partial charge in [0.15, 0.2) is 9.92 Å². The molecule has 2 amide bonds. The lowest BCUT2D eigenvalue weighted by Crippen LogP contribution is -2.25. The highest BCUT2D eigenvalue weighted by molar-refractivity contribution is 9.10. The van der Waals surface area contributed by atoms with Crippen LogP contribution in [0.2, 0.25) is 0 Å². The van der Waals surface area contributed by atoms with Crippen molar-refractivity contribution in [2.75, 3.05) is 25.6 Å². The van der Waals surface area contributed by atoms with Gasteiger partial charge in [0.2, 0.25) is 5.88 Å². The van der Waals surface area contributed by atoms with Gasteiger partial charge in [-0.25, -0.2) is 18.8 Å². The number of halogens is 1. The van der Waals surface area contributed by atoms with Crippen LogP contribution in [0.3, 0.4) is 0 Å². The number of amides is 2. The Hall–Kier alpha value is -1.95. The molecule has 0 fully saturated rings. The fourth-order valence-corrected chi connectivity index (χ4v) is 5.96. The van der Waals surface area contributed by atoms with E-state index in [0.29, 0.717) is 13.2 Å². The maximum atomic E-state index is 13.0. The molecule has 0 saturated carbocycles. The fourth-order valence-electron chi connectivity index (χ4n) is 4.09. The molecule has 2 aliphatic carbocycles. The minimum Gasteiger partial charge on any atom is -0.475 e. The Bertz CT molecular complexity index is 1130. The van der Waals surface area contributed by atoms with Gasteiger partial charge in [0.1, 0.15) is 17.5 Å². The maximum absolute atomic E-state index is 13.0. The van der Waals surface area contributed by atoms with E-state index in [-0.39, 0.29) is 16.8 Å². The Kier molecular flexibility index (Phi) is 4.46. The average molecular weight is 482 g/mol. The van der Waals surface area contributed by atoms with Gasteiger partial charge in [-0.3, -0.25) is 0 Å². The molecule has 1 aromatic carbocycles. The number of anilines is 1. The number of hydrogen-bond donors (Lipinski definition) is 2. The van der Waals surface area contributed by atoms with Crippen molar-refractivity contribution in [3.05, 3.63) is 32.9 Å². The molecule has 2 aromatic rings. The summed E-state index contributed by atoms with van der Waals surface area (Å²) in [5, 5.41) is 13.0. The quantitative estimate of drug-likeness (QED) is 0.693. The Morgan fingerprint density at radius 2 is 2.03 bits per heavy atom. The molecule has 1 aliphatic heterocycles. The van der Waals surface area contributed by atoms with Crippen molar-refractivity contribution in [2.45, 2.75) is 36.6 Å². The number of ether oxygens (including phenoxy) is 2. The van der Waals surface area contributed by atoms with Crippen LogP contribution in [0.4, 0.5) is 10.5 Å². The third-order valence-electron chi connectivity index (χ3n) is 5.71. The van der Waals surface area contributed by atoms with E-state index in [2.05, 4.69) is 30.7 Å². The maximum Gasteiger partial charge on any atom is 0.354 e. The largest absolute Gasteiger partial charge is 0.475 e. The number of fused-ring (bicyclic) bond motifs is 3. The van der Waals surface area contributed by atoms with Crippen LogP contribution in [-0.2, 0) is 40.3 Å². The summed E-state index contributed by atoms with van der Waals surface area (Å²) in [5.74, 6) is 0.271. The van der Waals surface area contributed by atoms with Gasteiger partial charge in [-0.2, -0.15) is 5.10 Å². The molecule has 2 atom stereocenters. The number of nitrogens with zero attached hydrogens (tertiary/aromatic N) is 3. The first-order valence-corrected chi connectivity index (χ1v) is 11.7. The third-order valence-corrected chi connectivity index (χ3v) is 8.02. The fraction of sp³-hybridized carbons (Fsp3) is 0.444. The number of aromatic nitrogens is 2. The molecule has 5 rings (SSSR count). The van der Waals surface area contributed by atoms with E-state index in [4.69, 9.17) is 14.6 Å². The van der Waals surface area contributed by atoms with Crippen LogP contribution < -0.4 is 15.2 Å². The molecule has 1 unspecified atom stereocenters. The van der Waals surface area contributed by atoms with E-state index in [1.807, 2.05) is 0 Å². The van der Waals surface area contributed by atoms with E-state index in [1.54, 1.807) is 11.8 Å². The first kappa shape index (κ1) is 19.0. The van der Waals surface area contributed by atoms with Crippen molar-refractivity contribution in [1.29, 1.82) is 0 Å². The third kappa shape index (κ3) is 2.90. The highest BCUT2D eigenvalue weighted by atomic mass is 79.9. The molecule has 0 spiro atoms. The predicted octanol–water partition coefficient (Wildman–Crippen LogP) is 2.36. The molecule has 1 aromatic heterocycles. The van der Waals surface area contributed by atoms with Crippen molar-refractivity contribution in [3.63, 3.8) is 0 Å². The topological polar surface area (TPSA) is 121 Å². The first-order chi connectivity index (χ1) is 13.9. The minimum absolute atomic E-state index is 0.114. The van der Waals surface area contributed by atoms with E-state index in [0.717, 1.165) is 47.0 Å². The summed E-state index contributed by atoms with van der Waals surface area (Å²) >= 11 is 3.67. The number of carbonyl (C=O) groups is 1. The number of carbonyl (C=O) groups excluding carboxylic acids is 1. The van der Waals surface area contributed by atoms with Crippen LogP contribution in [0.15, 0.2) is 19.9 Å². The van der Waals surface area contributed by atoms with Crippen molar-refractivity contribution < 1.29 is 18.5 Å². The van der Waals surface area contributed by atoms with Crippen LogP contribution in [0.1, 0.15) is 28.3 Å². The van der Waals surface area contributed by atoms with Crippen LogP contribution in [0, 0.1) is 0 Å². The first-order valence-electron chi connectivity index (χ1n) is 9.30. The second-order valence-corrected chi connectivity index (χ2v) is 9.92. The summed E-state index contributed by atoms with van der Waals surface area (Å²) in [7, 11) is -1.93. The lowest BCUT2D eigenvalue weighted by atomic mass is 9.76. The summed E-state index contributed by atoms with van der Waals surface area (Å²) in [6, 6.07) is -0.859. The number of nitrogens with one attached hydrogen (secondary N) is 1. The number of methoxy groups -OCH3 is 1. The lowest BCUT2D eigenvalue weighted by molar-refractivity contribution is 0.145. The van der Waals surface area contributed by atoms with Crippen molar-refractivity contribution in [2.24, 2.45) is 9.50 Å². The molecule has 11 heteroatoms. The number of nitrogens with two attached hydrogens (primary N) is 1. The lowest BCUT2D eigenvalue weighted by Gasteiger charge is -2.33. The second kappa shape index (κ2) is 6.79. The Morgan fingerprint density at radius 3 is 2.62 bits per heavy atom. The number of hydrogen-bond acceptors (Lipinski definition) is 5. The monoisotopic (exact) mass is 481 g/mol. The average Bonchev–Trinajstić information content (AvgIpc) is 3.14. The molecule has 29 heavy (non-hydrogen) atoms. The smallest absolute Gasteiger partial charge is 0.354 e. The summed E-state index contributed by atoms with van der Waals surface area (Å²) in [6.45, 7) is 0.736. The van der Waals surface area contributed by atoms with Gasteiger partial charge >= 0.3 is 6.03 Å². The standard InChI is InChI=1S/C18H20BrN5O4S/c1-27-7-9-8-28-17-14(6-21-24(9)17)29(20,26)23-18(25)22-16-12-4-2-10(12)15(19)11-3-5-13(11)16/h6,9H,2-5,7-8H2,1H3,(H3,20,22,23,25,26)/t9-,29?/m0/s1. The molecule has 9 nitrogen and oxygen atoms in total. The highest BCUT2D eigenvalue weighted by Crippen LogP contribution is 2.46. The van der Waals surface area contributed by atoms with Crippen LogP contribution in [-0.4, -0.2) is 40.3 Å². The van der Waals surface area contributed by atoms with E-state index in [9.17, 15) is 9.00 Å². The van der Waals surface area contributed by atoms with Gasteiger partial charge < -0.3 is 14.8 Å². The van der Waals surface area contributed by atoms with E-state index >= 15 is 0 Å². The Morgan fingerprint density at radius 1 is 1.38 bits per heavy atom. The number of benzene rings is 1. The van der Waals surface area contributed by atoms with E-state index < -0.39 is 15.9 Å². The van der Waals surface area contributed by atoms with Crippen LogP contribution in [0.5, 0.6) is 5.88 Å². The van der Waals surface area contributed by atoms with Crippen molar-refractivity contribution in [3.8, 4) is 5.88 Å². The Labute approximate surface area is 176 Å². The van der Waals surface area contributed by atoms with Gasteiger partial charge in [0.05, 0.1) is 12.8 Å². The van der Waals surface area contributed by atoms with Crippen LogP contribution >= 0.6 is 15.9 Å².